The number of benzene rings is 1. The smallest absolute Gasteiger partial charge is 0.164 e. The Hall–Kier alpha value is -1.14. The largest absolute Gasteiger partial charge is 0.347 e. The molecule has 0 radical (unpaired) electrons. The SMILES string of the molecule is CC1(C)OCC(C)(c2csc(Sc3ccc4c(c3)CCC4=O)c2)O1. The number of carbonyl (C=O) groups is 1. The summed E-state index contributed by atoms with van der Waals surface area (Å²) in [7, 11) is 0. The zero-order valence-corrected chi connectivity index (χ0v) is 15.7. The first kappa shape index (κ1) is 16.3. The number of ketones is 1. The first-order chi connectivity index (χ1) is 11.3. The Morgan fingerprint density at radius 2 is 2.00 bits per heavy atom. The van der Waals surface area contributed by atoms with E-state index in [0.29, 0.717) is 13.0 Å². The summed E-state index contributed by atoms with van der Waals surface area (Å²) in [4.78, 5) is 12.9. The van der Waals surface area contributed by atoms with Gasteiger partial charge in [-0.15, -0.1) is 11.3 Å². The summed E-state index contributed by atoms with van der Waals surface area (Å²) in [6.07, 6.45) is 1.52. The lowest BCUT2D eigenvalue weighted by Crippen LogP contribution is -2.27. The number of fused-ring (bicyclic) bond motifs is 1. The molecule has 0 spiro atoms. The van der Waals surface area contributed by atoms with Crippen molar-refractivity contribution in [2.75, 3.05) is 6.61 Å². The minimum absolute atomic E-state index is 0.272. The lowest BCUT2D eigenvalue weighted by atomic mass is 10.0. The van der Waals surface area contributed by atoms with Gasteiger partial charge in [0.2, 0.25) is 0 Å². The molecular formula is C19H20O3S2. The van der Waals surface area contributed by atoms with Crippen LogP contribution in [0.5, 0.6) is 0 Å². The highest BCUT2D eigenvalue weighted by Crippen LogP contribution is 2.43. The molecule has 3 nitrogen and oxygen atoms in total. The number of aryl methyl sites for hydroxylation is 1. The van der Waals surface area contributed by atoms with Gasteiger partial charge in [-0.25, -0.2) is 0 Å². The molecule has 1 fully saturated rings. The van der Waals surface area contributed by atoms with Gasteiger partial charge in [0.05, 0.1) is 10.8 Å². The molecule has 2 heterocycles. The fraction of sp³-hybridized carbons (Fsp3) is 0.421. The summed E-state index contributed by atoms with van der Waals surface area (Å²) in [5, 5.41) is 2.16. The maximum atomic E-state index is 11.7. The molecule has 1 saturated heterocycles. The van der Waals surface area contributed by atoms with E-state index in [1.165, 1.54) is 14.7 Å². The van der Waals surface area contributed by atoms with Gasteiger partial charge in [0.15, 0.2) is 11.6 Å². The Bertz CT molecular complexity index is 809. The van der Waals surface area contributed by atoms with Gasteiger partial charge in [0.25, 0.3) is 0 Å². The van der Waals surface area contributed by atoms with Crippen LogP contribution in [0.1, 0.15) is 48.7 Å². The average Bonchev–Trinajstić information content (AvgIpc) is 3.19. The van der Waals surface area contributed by atoms with Crippen molar-refractivity contribution >= 4 is 28.9 Å². The van der Waals surface area contributed by atoms with E-state index in [1.807, 2.05) is 26.0 Å². The third-order valence-electron chi connectivity index (χ3n) is 4.57. The maximum Gasteiger partial charge on any atom is 0.164 e. The van der Waals surface area contributed by atoms with E-state index < -0.39 is 5.79 Å². The van der Waals surface area contributed by atoms with E-state index in [-0.39, 0.29) is 11.4 Å². The van der Waals surface area contributed by atoms with E-state index in [0.717, 1.165) is 17.5 Å². The van der Waals surface area contributed by atoms with Gasteiger partial charge in [-0.05, 0) is 61.9 Å². The predicted molar refractivity (Wildman–Crippen MR) is 96.0 cm³/mol. The van der Waals surface area contributed by atoms with Crippen LogP contribution in [0.2, 0.25) is 0 Å². The van der Waals surface area contributed by atoms with Crippen LogP contribution in [0.4, 0.5) is 0 Å². The highest BCUT2D eigenvalue weighted by Gasteiger charge is 2.43. The van der Waals surface area contributed by atoms with Crippen LogP contribution in [-0.4, -0.2) is 18.2 Å². The standard InChI is InChI=1S/C19H20O3S2/c1-18(2)21-11-19(3,22-18)13-9-17(23-10-13)24-14-5-6-15-12(8-14)4-7-16(15)20/h5-6,8-10H,4,7,11H2,1-3H3. The quantitative estimate of drug-likeness (QED) is 0.769. The predicted octanol–water partition coefficient (Wildman–Crippen LogP) is 5.03. The minimum Gasteiger partial charge on any atom is -0.347 e. The molecule has 5 heteroatoms. The molecule has 2 aromatic rings. The zero-order valence-electron chi connectivity index (χ0n) is 14.0. The van der Waals surface area contributed by atoms with E-state index in [9.17, 15) is 4.79 Å². The lowest BCUT2D eigenvalue weighted by Gasteiger charge is -2.24. The summed E-state index contributed by atoms with van der Waals surface area (Å²) >= 11 is 3.47. The van der Waals surface area contributed by atoms with Gasteiger partial charge in [-0.1, -0.05) is 17.8 Å². The van der Waals surface area contributed by atoms with Crippen molar-refractivity contribution in [1.29, 1.82) is 0 Å². The van der Waals surface area contributed by atoms with E-state index in [2.05, 4.69) is 24.4 Å². The summed E-state index contributed by atoms with van der Waals surface area (Å²) < 4.78 is 13.1. The van der Waals surface area contributed by atoms with E-state index in [1.54, 1.807) is 23.1 Å². The topological polar surface area (TPSA) is 35.5 Å². The maximum absolute atomic E-state index is 11.7. The number of rotatable bonds is 3. The third kappa shape index (κ3) is 2.94. The molecule has 1 aliphatic carbocycles. The van der Waals surface area contributed by atoms with Crippen LogP contribution in [-0.2, 0) is 21.5 Å². The molecule has 1 unspecified atom stereocenters. The molecule has 0 bridgehead atoms. The first-order valence-corrected chi connectivity index (χ1v) is 9.81. The van der Waals surface area contributed by atoms with Gasteiger partial charge >= 0.3 is 0 Å². The van der Waals surface area contributed by atoms with Gasteiger partial charge in [-0.2, -0.15) is 0 Å². The molecule has 126 valence electrons. The Morgan fingerprint density at radius 1 is 1.17 bits per heavy atom. The highest BCUT2D eigenvalue weighted by molar-refractivity contribution is 8.01. The van der Waals surface area contributed by atoms with Crippen molar-refractivity contribution in [1.82, 2.24) is 0 Å². The Balaban J connectivity index is 1.53. The van der Waals surface area contributed by atoms with Crippen LogP contribution in [0, 0.1) is 0 Å². The van der Waals surface area contributed by atoms with Gasteiger partial charge in [0.1, 0.15) is 5.60 Å². The van der Waals surface area contributed by atoms with Crippen LogP contribution >= 0.6 is 23.1 Å². The van der Waals surface area contributed by atoms with Crippen molar-refractivity contribution in [2.45, 2.75) is 54.1 Å². The van der Waals surface area contributed by atoms with Crippen molar-refractivity contribution in [2.24, 2.45) is 0 Å². The highest BCUT2D eigenvalue weighted by atomic mass is 32.2. The molecule has 1 aliphatic heterocycles. The normalized spacial score (nSPS) is 25.2. The van der Waals surface area contributed by atoms with E-state index in [4.69, 9.17) is 9.47 Å². The number of hydrogen-bond donors (Lipinski definition) is 0. The third-order valence-corrected chi connectivity index (χ3v) is 6.64. The number of ether oxygens (including phenoxy) is 2. The van der Waals surface area contributed by atoms with Crippen LogP contribution in [0.3, 0.4) is 0 Å². The molecule has 0 N–H and O–H groups in total. The summed E-state index contributed by atoms with van der Waals surface area (Å²) in [5.74, 6) is -0.259. The Kier molecular flexibility index (Phi) is 3.88. The van der Waals surface area contributed by atoms with Crippen LogP contribution < -0.4 is 0 Å². The molecular weight excluding hydrogens is 340 g/mol. The Labute approximate surface area is 150 Å². The molecule has 2 aliphatic rings. The summed E-state index contributed by atoms with van der Waals surface area (Å²) in [6.45, 7) is 6.55. The zero-order chi connectivity index (χ0) is 16.9. The first-order valence-electron chi connectivity index (χ1n) is 8.12. The second-order valence-corrected chi connectivity index (χ2v) is 9.31. The average molecular weight is 361 g/mol. The monoisotopic (exact) mass is 360 g/mol. The minimum atomic E-state index is -0.531. The van der Waals surface area contributed by atoms with E-state index >= 15 is 0 Å². The number of Topliss-reactive ketones (excluding diaryl/α,β-unsaturated/α-hetero) is 1. The van der Waals surface area contributed by atoms with Crippen molar-refractivity contribution in [3.63, 3.8) is 0 Å². The summed E-state index contributed by atoms with van der Waals surface area (Å²) in [5.41, 5.74) is 2.86. The number of thiophene rings is 1. The van der Waals surface area contributed by atoms with Gasteiger partial charge < -0.3 is 9.47 Å². The molecule has 0 amide bonds. The summed E-state index contributed by atoms with van der Waals surface area (Å²) in [6, 6.07) is 8.37. The molecule has 1 aromatic heterocycles. The molecule has 0 saturated carbocycles. The van der Waals surface area contributed by atoms with Crippen molar-refractivity contribution in [3.05, 3.63) is 46.3 Å². The van der Waals surface area contributed by atoms with Crippen LogP contribution in [0.25, 0.3) is 0 Å². The molecule has 1 aromatic carbocycles. The fourth-order valence-electron chi connectivity index (χ4n) is 3.31. The number of hydrogen-bond acceptors (Lipinski definition) is 5. The second kappa shape index (κ2) is 5.70. The van der Waals surface area contributed by atoms with Crippen molar-refractivity contribution in [3.8, 4) is 0 Å². The molecule has 4 rings (SSSR count). The van der Waals surface area contributed by atoms with Crippen molar-refractivity contribution < 1.29 is 14.3 Å². The molecule has 24 heavy (non-hydrogen) atoms. The molecule has 1 atom stereocenters. The number of carbonyl (C=O) groups excluding carboxylic acids is 1. The Morgan fingerprint density at radius 3 is 2.75 bits per heavy atom. The fourth-order valence-corrected chi connectivity index (χ4v) is 5.45. The van der Waals surface area contributed by atoms with Gasteiger partial charge in [0, 0.05) is 16.9 Å². The van der Waals surface area contributed by atoms with Crippen LogP contribution in [0.15, 0.2) is 38.8 Å². The van der Waals surface area contributed by atoms with Gasteiger partial charge in [-0.3, -0.25) is 4.79 Å². The lowest BCUT2D eigenvalue weighted by molar-refractivity contribution is -0.159. The second-order valence-electron chi connectivity index (χ2n) is 7.02.